The molecule has 0 aliphatic heterocycles. The zero-order chi connectivity index (χ0) is 16.3. The van der Waals surface area contributed by atoms with Crippen LogP contribution in [0.15, 0.2) is 43.0 Å². The van der Waals surface area contributed by atoms with Crippen LogP contribution in [0.3, 0.4) is 0 Å². The molecule has 1 fully saturated rings. The summed E-state index contributed by atoms with van der Waals surface area (Å²) >= 11 is 0. The van der Waals surface area contributed by atoms with Crippen molar-refractivity contribution >= 4 is 11.9 Å². The first-order valence-electron chi connectivity index (χ1n) is 7.75. The fraction of sp³-hybridized carbons (Fsp3) is 0.353. The normalized spacial score (nSPS) is 16.7. The summed E-state index contributed by atoms with van der Waals surface area (Å²) in [5, 5.41) is 12.3. The maximum absolute atomic E-state index is 12.4. The van der Waals surface area contributed by atoms with E-state index in [1.54, 1.807) is 24.7 Å². The number of hydrogen-bond donors (Lipinski definition) is 2. The standard InChI is InChI=1S/C17H19N3O3/c21-15(19-17(16(22)23)8-2-1-3-9-17)13-4-6-14(7-5-13)20-11-10-18-12-20/h4-7,10-12H,1-3,8-9H2,(H,19,21)(H,22,23). The molecule has 1 aliphatic rings. The van der Waals surface area contributed by atoms with Gasteiger partial charge in [-0.15, -0.1) is 0 Å². The van der Waals surface area contributed by atoms with Crippen molar-refractivity contribution in [3.63, 3.8) is 0 Å². The maximum atomic E-state index is 12.4. The molecule has 0 saturated heterocycles. The summed E-state index contributed by atoms with van der Waals surface area (Å²) in [7, 11) is 0. The van der Waals surface area contributed by atoms with Crippen molar-refractivity contribution in [2.75, 3.05) is 0 Å². The van der Waals surface area contributed by atoms with Gasteiger partial charge in [0.1, 0.15) is 5.54 Å². The summed E-state index contributed by atoms with van der Waals surface area (Å²) in [6, 6.07) is 7.02. The number of carbonyl (C=O) groups is 2. The molecule has 1 aliphatic carbocycles. The van der Waals surface area contributed by atoms with Gasteiger partial charge in [-0.3, -0.25) is 4.79 Å². The zero-order valence-corrected chi connectivity index (χ0v) is 12.7. The van der Waals surface area contributed by atoms with Gasteiger partial charge in [-0.2, -0.15) is 0 Å². The van der Waals surface area contributed by atoms with Crippen LogP contribution < -0.4 is 5.32 Å². The number of carbonyl (C=O) groups excluding carboxylic acids is 1. The molecule has 3 rings (SSSR count). The van der Waals surface area contributed by atoms with Gasteiger partial charge in [-0.25, -0.2) is 9.78 Å². The Morgan fingerprint density at radius 3 is 2.39 bits per heavy atom. The molecule has 0 atom stereocenters. The minimum atomic E-state index is -1.13. The molecule has 0 radical (unpaired) electrons. The van der Waals surface area contributed by atoms with E-state index in [4.69, 9.17) is 0 Å². The quantitative estimate of drug-likeness (QED) is 0.907. The highest BCUT2D eigenvalue weighted by molar-refractivity contribution is 5.98. The predicted molar refractivity (Wildman–Crippen MR) is 84.5 cm³/mol. The summed E-state index contributed by atoms with van der Waals surface area (Å²) in [5.74, 6) is -1.29. The van der Waals surface area contributed by atoms with E-state index in [1.165, 1.54) is 0 Å². The SMILES string of the molecule is O=C(NC1(C(=O)O)CCCCC1)c1ccc(-n2ccnc2)cc1. The minimum Gasteiger partial charge on any atom is -0.480 e. The first kappa shape index (κ1) is 15.3. The topological polar surface area (TPSA) is 84.2 Å². The molecular weight excluding hydrogens is 294 g/mol. The molecule has 1 aromatic carbocycles. The van der Waals surface area contributed by atoms with Crippen molar-refractivity contribution in [3.05, 3.63) is 48.5 Å². The van der Waals surface area contributed by atoms with E-state index in [9.17, 15) is 14.7 Å². The van der Waals surface area contributed by atoms with Crippen molar-refractivity contribution in [3.8, 4) is 5.69 Å². The van der Waals surface area contributed by atoms with Gasteiger partial charge >= 0.3 is 5.97 Å². The summed E-state index contributed by atoms with van der Waals surface area (Å²) in [6.07, 6.45) is 8.82. The lowest BCUT2D eigenvalue weighted by Gasteiger charge is -2.34. The molecule has 120 valence electrons. The highest BCUT2D eigenvalue weighted by Gasteiger charge is 2.41. The molecule has 6 nitrogen and oxygen atoms in total. The number of carboxylic acid groups (broad SMARTS) is 1. The van der Waals surface area contributed by atoms with Crippen molar-refractivity contribution in [1.29, 1.82) is 0 Å². The van der Waals surface area contributed by atoms with Crippen molar-refractivity contribution < 1.29 is 14.7 Å². The van der Waals surface area contributed by atoms with E-state index < -0.39 is 11.5 Å². The Balaban J connectivity index is 1.76. The molecule has 2 aromatic rings. The monoisotopic (exact) mass is 313 g/mol. The van der Waals surface area contributed by atoms with E-state index in [-0.39, 0.29) is 5.91 Å². The van der Waals surface area contributed by atoms with Crippen molar-refractivity contribution in [2.45, 2.75) is 37.6 Å². The third-order valence-corrected chi connectivity index (χ3v) is 4.40. The van der Waals surface area contributed by atoms with Gasteiger partial charge in [0.25, 0.3) is 5.91 Å². The van der Waals surface area contributed by atoms with Crippen LogP contribution in [0.2, 0.25) is 0 Å². The third kappa shape index (κ3) is 3.11. The van der Waals surface area contributed by atoms with Gasteiger partial charge in [0.2, 0.25) is 0 Å². The largest absolute Gasteiger partial charge is 0.480 e. The number of aromatic nitrogens is 2. The van der Waals surface area contributed by atoms with E-state index in [1.807, 2.05) is 22.9 Å². The first-order valence-corrected chi connectivity index (χ1v) is 7.75. The second kappa shape index (κ2) is 6.24. The van der Waals surface area contributed by atoms with Crippen LogP contribution in [0.25, 0.3) is 5.69 Å². The summed E-state index contributed by atoms with van der Waals surface area (Å²) in [4.78, 5) is 28.0. The van der Waals surface area contributed by atoms with Crippen LogP contribution in [0, 0.1) is 0 Å². The van der Waals surface area contributed by atoms with Crippen LogP contribution >= 0.6 is 0 Å². The number of imidazole rings is 1. The van der Waals surface area contributed by atoms with Crippen molar-refractivity contribution in [2.24, 2.45) is 0 Å². The number of nitrogens with one attached hydrogen (secondary N) is 1. The Bertz CT molecular complexity index is 686. The summed E-state index contributed by atoms with van der Waals surface area (Å²) in [6.45, 7) is 0. The fourth-order valence-electron chi connectivity index (χ4n) is 3.03. The number of hydrogen-bond acceptors (Lipinski definition) is 3. The number of aliphatic carboxylic acids is 1. The van der Waals surface area contributed by atoms with Gasteiger partial charge in [-0.05, 0) is 37.1 Å². The lowest BCUT2D eigenvalue weighted by atomic mass is 9.81. The Hall–Kier alpha value is -2.63. The Morgan fingerprint density at radius 2 is 1.83 bits per heavy atom. The van der Waals surface area contributed by atoms with Crippen LogP contribution in [-0.2, 0) is 4.79 Å². The van der Waals surface area contributed by atoms with Gasteiger partial charge in [-0.1, -0.05) is 19.3 Å². The fourth-order valence-corrected chi connectivity index (χ4v) is 3.03. The second-order valence-corrected chi connectivity index (χ2v) is 5.92. The van der Waals surface area contributed by atoms with Gasteiger partial charge < -0.3 is 15.0 Å². The van der Waals surface area contributed by atoms with Gasteiger partial charge in [0.05, 0.1) is 6.33 Å². The number of nitrogens with zero attached hydrogens (tertiary/aromatic N) is 2. The van der Waals surface area contributed by atoms with Crippen LogP contribution in [-0.4, -0.2) is 32.1 Å². The average molecular weight is 313 g/mol. The molecule has 0 bridgehead atoms. The Morgan fingerprint density at radius 1 is 1.13 bits per heavy atom. The second-order valence-electron chi connectivity index (χ2n) is 5.92. The molecule has 0 unspecified atom stereocenters. The number of carboxylic acids is 1. The minimum absolute atomic E-state index is 0.341. The highest BCUT2D eigenvalue weighted by Crippen LogP contribution is 2.29. The molecule has 1 saturated carbocycles. The average Bonchev–Trinajstić information content (AvgIpc) is 3.10. The van der Waals surface area contributed by atoms with Crippen LogP contribution in [0.1, 0.15) is 42.5 Å². The van der Waals surface area contributed by atoms with E-state index in [2.05, 4.69) is 10.3 Å². The van der Waals surface area contributed by atoms with Crippen LogP contribution in [0.4, 0.5) is 0 Å². The zero-order valence-electron chi connectivity index (χ0n) is 12.7. The van der Waals surface area contributed by atoms with E-state index >= 15 is 0 Å². The molecule has 1 aromatic heterocycles. The van der Waals surface area contributed by atoms with Gasteiger partial charge in [0.15, 0.2) is 0 Å². The summed E-state index contributed by atoms with van der Waals surface area (Å²) < 4.78 is 1.83. The molecule has 6 heteroatoms. The van der Waals surface area contributed by atoms with E-state index in [0.717, 1.165) is 24.9 Å². The lowest BCUT2D eigenvalue weighted by Crippen LogP contribution is -2.55. The Labute approximate surface area is 134 Å². The number of benzene rings is 1. The Kier molecular flexibility index (Phi) is 4.14. The number of rotatable bonds is 4. The van der Waals surface area contributed by atoms with Crippen molar-refractivity contribution in [1.82, 2.24) is 14.9 Å². The predicted octanol–water partition coefficient (Wildman–Crippen LogP) is 2.39. The van der Waals surface area contributed by atoms with E-state index in [0.29, 0.717) is 18.4 Å². The molecule has 0 spiro atoms. The molecule has 2 N–H and O–H groups in total. The molecular formula is C17H19N3O3. The highest BCUT2D eigenvalue weighted by atomic mass is 16.4. The summed E-state index contributed by atoms with van der Waals surface area (Å²) in [5.41, 5.74) is 0.225. The third-order valence-electron chi connectivity index (χ3n) is 4.40. The first-order chi connectivity index (χ1) is 11.1. The molecule has 1 heterocycles. The van der Waals surface area contributed by atoms with Gasteiger partial charge in [0, 0.05) is 23.6 Å². The van der Waals surface area contributed by atoms with Crippen LogP contribution in [0.5, 0.6) is 0 Å². The smallest absolute Gasteiger partial charge is 0.329 e. The maximum Gasteiger partial charge on any atom is 0.329 e. The molecule has 23 heavy (non-hydrogen) atoms. The molecule has 1 amide bonds. The number of amides is 1. The lowest BCUT2D eigenvalue weighted by molar-refractivity contribution is -0.145.